The molecular weight excluding hydrogens is 212 g/mol. The van der Waals surface area contributed by atoms with Crippen molar-refractivity contribution in [3.8, 4) is 5.88 Å². The van der Waals surface area contributed by atoms with E-state index in [1.54, 1.807) is 6.20 Å². The normalized spacial score (nSPS) is 12.9. The number of hydrogen-bond acceptors (Lipinski definition) is 3. The highest BCUT2D eigenvalue weighted by Gasteiger charge is 2.10. The maximum absolute atomic E-state index is 5.70. The minimum atomic E-state index is 0.148. The summed E-state index contributed by atoms with van der Waals surface area (Å²) in [5, 5.41) is 0.229. The molecule has 0 amide bonds. The minimum Gasteiger partial charge on any atom is -0.474 e. The summed E-state index contributed by atoms with van der Waals surface area (Å²) in [7, 11) is 0. The van der Waals surface area contributed by atoms with Gasteiger partial charge in [0.25, 0.3) is 0 Å². The highest BCUT2D eigenvalue weighted by molar-refractivity contribution is 6.28. The molecular formula is C11H17ClN2O. The third-order valence-corrected chi connectivity index (χ3v) is 2.19. The summed E-state index contributed by atoms with van der Waals surface area (Å²) in [6.07, 6.45) is 2.82. The second kappa shape index (κ2) is 5.31. The first kappa shape index (κ1) is 12.2. The predicted molar refractivity (Wildman–Crippen MR) is 61.3 cm³/mol. The predicted octanol–water partition coefficient (Wildman–Crippen LogP) is 3.25. The molecule has 0 saturated heterocycles. The van der Waals surface area contributed by atoms with Gasteiger partial charge in [-0.15, -0.1) is 0 Å². The summed E-state index contributed by atoms with van der Waals surface area (Å²) in [6.45, 7) is 8.28. The summed E-state index contributed by atoms with van der Waals surface area (Å²) < 4.78 is 5.70. The van der Waals surface area contributed by atoms with E-state index in [4.69, 9.17) is 16.3 Å². The molecule has 1 heterocycles. The first-order valence-electron chi connectivity index (χ1n) is 5.15. The molecule has 0 aliphatic heterocycles. The van der Waals surface area contributed by atoms with Crippen LogP contribution in [-0.4, -0.2) is 16.1 Å². The Labute approximate surface area is 95.8 Å². The maximum atomic E-state index is 5.70. The van der Waals surface area contributed by atoms with E-state index in [0.29, 0.717) is 11.8 Å². The van der Waals surface area contributed by atoms with E-state index >= 15 is 0 Å². The molecule has 0 bridgehead atoms. The highest BCUT2D eigenvalue weighted by atomic mass is 35.5. The molecule has 1 aromatic rings. The molecule has 3 nitrogen and oxygen atoms in total. The van der Waals surface area contributed by atoms with Gasteiger partial charge < -0.3 is 4.74 Å². The van der Waals surface area contributed by atoms with Crippen molar-refractivity contribution in [3.63, 3.8) is 0 Å². The Morgan fingerprint density at radius 1 is 1.40 bits per heavy atom. The molecule has 0 aromatic carbocycles. The fourth-order valence-corrected chi connectivity index (χ4v) is 1.55. The van der Waals surface area contributed by atoms with Gasteiger partial charge >= 0.3 is 0 Å². The molecule has 0 radical (unpaired) electrons. The van der Waals surface area contributed by atoms with Crippen LogP contribution in [0.15, 0.2) is 6.20 Å². The van der Waals surface area contributed by atoms with Crippen molar-refractivity contribution in [2.24, 2.45) is 5.92 Å². The molecule has 0 N–H and O–H groups in total. The molecule has 0 saturated carbocycles. The summed E-state index contributed by atoms with van der Waals surface area (Å²) in [5.41, 5.74) is 0.912. The molecule has 1 rings (SSSR count). The van der Waals surface area contributed by atoms with Gasteiger partial charge in [0.2, 0.25) is 11.2 Å². The Morgan fingerprint density at radius 2 is 2.07 bits per heavy atom. The van der Waals surface area contributed by atoms with E-state index in [1.165, 1.54) is 0 Å². The maximum Gasteiger partial charge on any atom is 0.225 e. The van der Waals surface area contributed by atoms with Crippen molar-refractivity contribution in [3.05, 3.63) is 17.0 Å². The molecule has 4 heteroatoms. The van der Waals surface area contributed by atoms with E-state index in [2.05, 4.69) is 23.8 Å². The van der Waals surface area contributed by atoms with Gasteiger partial charge in [0.05, 0.1) is 6.10 Å². The summed E-state index contributed by atoms with van der Waals surface area (Å²) in [4.78, 5) is 7.93. The number of halogens is 1. The van der Waals surface area contributed by atoms with Crippen molar-refractivity contribution in [2.75, 3.05) is 0 Å². The first-order chi connectivity index (χ1) is 6.99. The standard InChI is InChI=1S/C11H17ClN2O/c1-7(2)5-9(4)15-10-8(3)6-13-11(12)14-10/h6-7,9H,5H2,1-4H3. The van der Waals surface area contributed by atoms with Crippen molar-refractivity contribution in [1.82, 2.24) is 9.97 Å². The summed E-state index contributed by atoms with van der Waals surface area (Å²) in [5.74, 6) is 1.20. The quantitative estimate of drug-likeness (QED) is 0.742. The van der Waals surface area contributed by atoms with Gasteiger partial charge in [0, 0.05) is 11.8 Å². The fraction of sp³-hybridized carbons (Fsp3) is 0.636. The third kappa shape index (κ3) is 4.04. The van der Waals surface area contributed by atoms with Gasteiger partial charge in [0.1, 0.15) is 0 Å². The number of aromatic nitrogens is 2. The van der Waals surface area contributed by atoms with E-state index in [0.717, 1.165) is 12.0 Å². The van der Waals surface area contributed by atoms with E-state index in [1.807, 2.05) is 13.8 Å². The Hall–Kier alpha value is -0.830. The molecule has 84 valence electrons. The average Bonchev–Trinajstić information content (AvgIpc) is 2.10. The van der Waals surface area contributed by atoms with Crippen molar-refractivity contribution in [1.29, 1.82) is 0 Å². The van der Waals surface area contributed by atoms with Gasteiger partial charge in [-0.05, 0) is 37.8 Å². The van der Waals surface area contributed by atoms with Gasteiger partial charge in [-0.25, -0.2) is 4.98 Å². The largest absolute Gasteiger partial charge is 0.474 e. The Kier molecular flexibility index (Phi) is 4.33. The van der Waals surface area contributed by atoms with Crippen LogP contribution >= 0.6 is 11.6 Å². The average molecular weight is 229 g/mol. The zero-order valence-electron chi connectivity index (χ0n) is 9.62. The molecule has 0 aliphatic rings. The van der Waals surface area contributed by atoms with Gasteiger partial charge in [0.15, 0.2) is 0 Å². The first-order valence-corrected chi connectivity index (χ1v) is 5.52. The van der Waals surface area contributed by atoms with E-state index < -0.39 is 0 Å². The molecule has 1 unspecified atom stereocenters. The molecule has 0 aliphatic carbocycles. The van der Waals surface area contributed by atoms with Crippen LogP contribution in [-0.2, 0) is 0 Å². The van der Waals surface area contributed by atoms with Gasteiger partial charge in [-0.1, -0.05) is 13.8 Å². The Morgan fingerprint density at radius 3 is 2.67 bits per heavy atom. The van der Waals surface area contributed by atoms with Crippen molar-refractivity contribution >= 4 is 11.6 Å². The SMILES string of the molecule is Cc1cnc(Cl)nc1OC(C)CC(C)C. The van der Waals surface area contributed by atoms with Crippen LogP contribution in [0.1, 0.15) is 32.8 Å². The lowest BCUT2D eigenvalue weighted by Crippen LogP contribution is -2.16. The molecule has 0 spiro atoms. The molecule has 15 heavy (non-hydrogen) atoms. The number of aryl methyl sites for hydroxylation is 1. The zero-order chi connectivity index (χ0) is 11.4. The second-order valence-corrected chi connectivity index (χ2v) is 4.52. The van der Waals surface area contributed by atoms with Gasteiger partial charge in [-0.3, -0.25) is 0 Å². The Bertz CT molecular complexity index is 328. The second-order valence-electron chi connectivity index (χ2n) is 4.19. The van der Waals surface area contributed by atoms with Crippen LogP contribution < -0.4 is 4.74 Å². The summed E-state index contributed by atoms with van der Waals surface area (Å²) in [6, 6.07) is 0. The van der Waals surface area contributed by atoms with Crippen LogP contribution in [0.5, 0.6) is 5.88 Å². The highest BCUT2D eigenvalue weighted by Crippen LogP contribution is 2.18. The zero-order valence-corrected chi connectivity index (χ0v) is 10.4. The number of nitrogens with zero attached hydrogens (tertiary/aromatic N) is 2. The van der Waals surface area contributed by atoms with Crippen molar-refractivity contribution in [2.45, 2.75) is 40.2 Å². The monoisotopic (exact) mass is 228 g/mol. The van der Waals surface area contributed by atoms with Crippen LogP contribution in [0, 0.1) is 12.8 Å². The van der Waals surface area contributed by atoms with E-state index in [9.17, 15) is 0 Å². The lowest BCUT2D eigenvalue weighted by molar-refractivity contribution is 0.184. The molecule has 1 atom stereocenters. The van der Waals surface area contributed by atoms with Crippen molar-refractivity contribution < 1.29 is 4.74 Å². The van der Waals surface area contributed by atoms with Crippen LogP contribution in [0.2, 0.25) is 5.28 Å². The van der Waals surface area contributed by atoms with Crippen LogP contribution in [0.25, 0.3) is 0 Å². The number of ether oxygens (including phenoxy) is 1. The third-order valence-electron chi connectivity index (χ3n) is 2.01. The van der Waals surface area contributed by atoms with E-state index in [-0.39, 0.29) is 11.4 Å². The molecule has 0 fully saturated rings. The fourth-order valence-electron chi connectivity index (χ4n) is 1.43. The van der Waals surface area contributed by atoms with Crippen LogP contribution in [0.3, 0.4) is 0 Å². The Balaban J connectivity index is 2.67. The lowest BCUT2D eigenvalue weighted by atomic mass is 10.1. The summed E-state index contributed by atoms with van der Waals surface area (Å²) >= 11 is 5.70. The van der Waals surface area contributed by atoms with Gasteiger partial charge in [-0.2, -0.15) is 4.98 Å². The molecule has 1 aromatic heterocycles. The minimum absolute atomic E-state index is 0.148. The number of hydrogen-bond donors (Lipinski definition) is 0. The smallest absolute Gasteiger partial charge is 0.225 e. The number of rotatable bonds is 4. The topological polar surface area (TPSA) is 35.0 Å². The lowest BCUT2D eigenvalue weighted by Gasteiger charge is -2.16. The van der Waals surface area contributed by atoms with Crippen LogP contribution in [0.4, 0.5) is 0 Å².